The Morgan fingerprint density at radius 2 is 1.96 bits per heavy atom. The van der Waals surface area contributed by atoms with Crippen molar-refractivity contribution in [3.8, 4) is 5.75 Å². The molecule has 1 aliphatic rings. The lowest BCUT2D eigenvalue weighted by molar-refractivity contribution is -0.124. The van der Waals surface area contributed by atoms with Gasteiger partial charge in [-0.1, -0.05) is 0 Å². The molecule has 1 unspecified atom stereocenters. The van der Waals surface area contributed by atoms with Gasteiger partial charge in [-0.05, 0) is 44.9 Å². The third-order valence-corrected chi connectivity index (χ3v) is 4.99. The van der Waals surface area contributed by atoms with Crippen LogP contribution < -0.4 is 9.46 Å². The van der Waals surface area contributed by atoms with Gasteiger partial charge in [0.1, 0.15) is 10.6 Å². The normalized spacial score (nSPS) is 15.8. The maximum atomic E-state index is 12.4. The Bertz CT molecular complexity index is 723. The zero-order chi connectivity index (χ0) is 17.2. The van der Waals surface area contributed by atoms with Gasteiger partial charge in [0.15, 0.2) is 11.9 Å². The number of benzene rings is 1. The number of carbonyl (C=O) groups excluding carboxylic acids is 2. The molecule has 2 rings (SSSR count). The van der Waals surface area contributed by atoms with E-state index in [2.05, 4.69) is 4.72 Å². The van der Waals surface area contributed by atoms with Crippen LogP contribution in [0.2, 0.25) is 0 Å². The number of rotatable bonds is 7. The summed E-state index contributed by atoms with van der Waals surface area (Å²) in [6.45, 7) is 2.76. The van der Waals surface area contributed by atoms with Crippen molar-refractivity contribution in [2.24, 2.45) is 0 Å². The highest BCUT2D eigenvalue weighted by Gasteiger charge is 2.30. The SMILES string of the molecule is COc1ccc(C(=O)OC(C)C(C)=O)cc1S(=O)(=O)NC1CC1. The second-order valence-corrected chi connectivity index (χ2v) is 7.10. The topological polar surface area (TPSA) is 98.8 Å². The Hall–Kier alpha value is -1.93. The van der Waals surface area contributed by atoms with Crippen LogP contribution >= 0.6 is 0 Å². The monoisotopic (exact) mass is 341 g/mol. The van der Waals surface area contributed by atoms with Crippen molar-refractivity contribution in [1.82, 2.24) is 4.72 Å². The molecule has 0 spiro atoms. The van der Waals surface area contributed by atoms with E-state index in [1.165, 1.54) is 39.2 Å². The van der Waals surface area contributed by atoms with Crippen molar-refractivity contribution in [2.75, 3.05) is 7.11 Å². The average Bonchev–Trinajstić information content (AvgIpc) is 3.29. The Labute approximate surface area is 135 Å². The molecule has 0 amide bonds. The largest absolute Gasteiger partial charge is 0.495 e. The van der Waals surface area contributed by atoms with E-state index in [1.54, 1.807) is 0 Å². The lowest BCUT2D eigenvalue weighted by Crippen LogP contribution is -2.27. The fourth-order valence-corrected chi connectivity index (χ4v) is 3.31. The summed E-state index contributed by atoms with van der Waals surface area (Å²) in [7, 11) is -2.44. The molecule has 0 radical (unpaired) electrons. The minimum absolute atomic E-state index is 0.0371. The molecule has 1 fully saturated rings. The Morgan fingerprint density at radius 1 is 1.30 bits per heavy atom. The van der Waals surface area contributed by atoms with Crippen molar-refractivity contribution in [3.63, 3.8) is 0 Å². The second-order valence-electron chi connectivity index (χ2n) is 5.42. The molecule has 0 heterocycles. The van der Waals surface area contributed by atoms with Gasteiger partial charge in [-0.15, -0.1) is 0 Å². The number of methoxy groups -OCH3 is 1. The molecule has 7 nitrogen and oxygen atoms in total. The van der Waals surface area contributed by atoms with Crippen LogP contribution in [0.5, 0.6) is 5.75 Å². The number of hydrogen-bond acceptors (Lipinski definition) is 6. The molecule has 0 aliphatic heterocycles. The maximum absolute atomic E-state index is 12.4. The number of Topliss-reactive ketones (excluding diaryl/α,β-unsaturated/α-hetero) is 1. The molecule has 8 heteroatoms. The molecule has 1 atom stereocenters. The summed E-state index contributed by atoms with van der Waals surface area (Å²) < 4.78 is 37.3. The molecule has 0 saturated heterocycles. The van der Waals surface area contributed by atoms with Crippen LogP contribution in [-0.2, 0) is 19.6 Å². The number of nitrogens with one attached hydrogen (secondary N) is 1. The van der Waals surface area contributed by atoms with E-state index in [4.69, 9.17) is 9.47 Å². The van der Waals surface area contributed by atoms with Gasteiger partial charge in [-0.3, -0.25) is 4.79 Å². The van der Waals surface area contributed by atoms with Crippen molar-refractivity contribution in [1.29, 1.82) is 0 Å². The van der Waals surface area contributed by atoms with Crippen LogP contribution in [0, 0.1) is 0 Å². The summed E-state index contributed by atoms with van der Waals surface area (Å²) in [4.78, 5) is 23.1. The van der Waals surface area contributed by atoms with E-state index >= 15 is 0 Å². The van der Waals surface area contributed by atoms with E-state index in [-0.39, 0.29) is 28.0 Å². The van der Waals surface area contributed by atoms with Gasteiger partial charge in [0.2, 0.25) is 10.0 Å². The number of ketones is 1. The minimum atomic E-state index is -3.79. The van der Waals surface area contributed by atoms with Crippen molar-refractivity contribution in [2.45, 2.75) is 43.7 Å². The van der Waals surface area contributed by atoms with E-state index in [0.717, 1.165) is 12.8 Å². The number of ether oxygens (including phenoxy) is 2. The molecule has 1 aromatic carbocycles. The van der Waals surface area contributed by atoms with Gasteiger partial charge in [0.05, 0.1) is 12.7 Å². The molecule has 1 saturated carbocycles. The predicted molar refractivity (Wildman–Crippen MR) is 81.9 cm³/mol. The van der Waals surface area contributed by atoms with E-state index < -0.39 is 22.1 Å². The van der Waals surface area contributed by atoms with Crippen molar-refractivity contribution >= 4 is 21.8 Å². The maximum Gasteiger partial charge on any atom is 0.338 e. The molecule has 1 N–H and O–H groups in total. The Morgan fingerprint density at radius 3 is 2.48 bits per heavy atom. The minimum Gasteiger partial charge on any atom is -0.495 e. The first kappa shape index (κ1) is 17.4. The van der Waals surface area contributed by atoms with Gasteiger partial charge < -0.3 is 9.47 Å². The molecule has 126 valence electrons. The third-order valence-electron chi connectivity index (χ3n) is 3.44. The summed E-state index contributed by atoms with van der Waals surface area (Å²) in [6, 6.07) is 3.90. The van der Waals surface area contributed by atoms with E-state index in [1.807, 2.05) is 0 Å². The highest BCUT2D eigenvalue weighted by Crippen LogP contribution is 2.28. The van der Waals surface area contributed by atoms with Crippen LogP contribution in [0.1, 0.15) is 37.0 Å². The molecule has 1 aromatic rings. The Kier molecular flexibility index (Phi) is 5.06. The quantitative estimate of drug-likeness (QED) is 0.750. The molecule has 0 aromatic heterocycles. The van der Waals surface area contributed by atoms with Gasteiger partial charge in [0.25, 0.3) is 0 Å². The van der Waals surface area contributed by atoms with Crippen LogP contribution in [0.25, 0.3) is 0 Å². The van der Waals surface area contributed by atoms with E-state index in [0.29, 0.717) is 0 Å². The van der Waals surface area contributed by atoms with E-state index in [9.17, 15) is 18.0 Å². The fourth-order valence-electron chi connectivity index (χ4n) is 1.81. The van der Waals surface area contributed by atoms with Crippen LogP contribution in [0.3, 0.4) is 0 Å². The number of esters is 1. The number of hydrogen-bond donors (Lipinski definition) is 1. The summed E-state index contributed by atoms with van der Waals surface area (Å²) >= 11 is 0. The highest BCUT2D eigenvalue weighted by molar-refractivity contribution is 7.89. The molecule has 0 bridgehead atoms. The van der Waals surface area contributed by atoms with Gasteiger partial charge >= 0.3 is 5.97 Å². The summed E-state index contributed by atoms with van der Waals surface area (Å²) in [5.41, 5.74) is 0.0371. The third kappa shape index (κ3) is 4.29. The first-order valence-electron chi connectivity index (χ1n) is 7.16. The van der Waals surface area contributed by atoms with Crippen LogP contribution in [-0.4, -0.2) is 39.4 Å². The number of carbonyl (C=O) groups is 2. The summed E-state index contributed by atoms with van der Waals surface area (Å²) in [6.07, 6.45) is 0.688. The molecular weight excluding hydrogens is 322 g/mol. The summed E-state index contributed by atoms with van der Waals surface area (Å²) in [5, 5.41) is 0. The zero-order valence-corrected chi connectivity index (χ0v) is 14.0. The van der Waals surface area contributed by atoms with Gasteiger partial charge in [0, 0.05) is 6.04 Å². The average molecular weight is 341 g/mol. The van der Waals surface area contributed by atoms with Crippen molar-refractivity contribution in [3.05, 3.63) is 23.8 Å². The van der Waals surface area contributed by atoms with Gasteiger partial charge in [-0.25, -0.2) is 17.9 Å². The highest BCUT2D eigenvalue weighted by atomic mass is 32.2. The summed E-state index contributed by atoms with van der Waals surface area (Å²) in [5.74, 6) is -0.928. The fraction of sp³-hybridized carbons (Fsp3) is 0.467. The first-order chi connectivity index (χ1) is 10.7. The van der Waals surface area contributed by atoms with Crippen LogP contribution in [0.4, 0.5) is 0 Å². The smallest absolute Gasteiger partial charge is 0.338 e. The zero-order valence-electron chi connectivity index (χ0n) is 13.2. The Balaban J connectivity index is 2.31. The molecular formula is C15H19NO6S. The first-order valence-corrected chi connectivity index (χ1v) is 8.64. The molecule has 1 aliphatic carbocycles. The van der Waals surface area contributed by atoms with Crippen LogP contribution in [0.15, 0.2) is 23.1 Å². The lowest BCUT2D eigenvalue weighted by atomic mass is 10.2. The number of sulfonamides is 1. The molecule has 23 heavy (non-hydrogen) atoms. The predicted octanol–water partition coefficient (Wildman–Crippen LogP) is 1.27. The second kappa shape index (κ2) is 6.67. The lowest BCUT2D eigenvalue weighted by Gasteiger charge is -2.13. The van der Waals surface area contributed by atoms with Crippen molar-refractivity contribution < 1.29 is 27.5 Å². The van der Waals surface area contributed by atoms with Gasteiger partial charge in [-0.2, -0.15) is 0 Å². The standard InChI is InChI=1S/C15H19NO6S/c1-9(17)10(2)22-15(18)11-4-7-13(21-3)14(8-11)23(19,20)16-12-5-6-12/h4,7-8,10,12,16H,5-6H2,1-3H3.